The van der Waals surface area contributed by atoms with Gasteiger partial charge in [-0.15, -0.1) is 0 Å². The smallest absolute Gasteiger partial charge is 0.0780 e. The zero-order valence-electron chi connectivity index (χ0n) is 9.10. The van der Waals surface area contributed by atoms with E-state index >= 15 is 0 Å². The molecule has 0 aliphatic heterocycles. The van der Waals surface area contributed by atoms with Gasteiger partial charge in [-0.25, -0.2) is 0 Å². The molecule has 1 aromatic heterocycles. The maximum atomic E-state index is 4.50. The molecule has 0 saturated heterocycles. The van der Waals surface area contributed by atoms with Crippen molar-refractivity contribution in [2.75, 3.05) is 0 Å². The Kier molecular flexibility index (Phi) is 2.65. The lowest BCUT2D eigenvalue weighted by Gasteiger charge is -2.06. The monoisotopic (exact) mass is 283 g/mol. The van der Waals surface area contributed by atoms with Gasteiger partial charge in [0.15, 0.2) is 0 Å². The second kappa shape index (κ2) is 4.30. The molecule has 17 heavy (non-hydrogen) atoms. The molecule has 1 heterocycles. The molecular weight excluding hydrogens is 274 g/mol. The van der Waals surface area contributed by atoms with Gasteiger partial charge in [-0.2, -0.15) is 0 Å². The number of pyridine rings is 1. The minimum atomic E-state index is 1.03. The van der Waals surface area contributed by atoms with E-state index < -0.39 is 0 Å². The molecule has 0 spiro atoms. The molecule has 0 saturated carbocycles. The molecular formula is C15H10BrN. The topological polar surface area (TPSA) is 12.9 Å². The van der Waals surface area contributed by atoms with Crippen LogP contribution < -0.4 is 0 Å². The maximum Gasteiger partial charge on any atom is 0.0780 e. The molecule has 0 unspecified atom stereocenters. The van der Waals surface area contributed by atoms with E-state index in [1.807, 2.05) is 36.5 Å². The minimum Gasteiger partial charge on any atom is -0.256 e. The summed E-state index contributed by atoms with van der Waals surface area (Å²) in [4.78, 5) is 4.50. The van der Waals surface area contributed by atoms with Crippen LogP contribution in [0.5, 0.6) is 0 Å². The van der Waals surface area contributed by atoms with Crippen molar-refractivity contribution in [3.63, 3.8) is 0 Å². The highest BCUT2D eigenvalue weighted by Gasteiger charge is 2.05. The predicted octanol–water partition coefficient (Wildman–Crippen LogP) is 4.66. The van der Waals surface area contributed by atoms with Gasteiger partial charge < -0.3 is 0 Å². The minimum absolute atomic E-state index is 1.03. The van der Waals surface area contributed by atoms with Gasteiger partial charge in [0.05, 0.1) is 5.69 Å². The molecule has 1 nitrogen and oxygen atoms in total. The van der Waals surface area contributed by atoms with Gasteiger partial charge in [0, 0.05) is 21.6 Å². The molecule has 0 radical (unpaired) electrons. The van der Waals surface area contributed by atoms with Crippen molar-refractivity contribution in [3.05, 3.63) is 65.3 Å². The fourth-order valence-corrected chi connectivity index (χ4v) is 2.49. The molecule has 0 bridgehead atoms. The fraction of sp³-hybridized carbons (Fsp3) is 0. The lowest BCUT2D eigenvalue weighted by Crippen LogP contribution is -1.85. The van der Waals surface area contributed by atoms with E-state index in [-0.39, 0.29) is 0 Å². The first kappa shape index (κ1) is 10.5. The number of hydrogen-bond donors (Lipinski definition) is 0. The van der Waals surface area contributed by atoms with E-state index in [1.54, 1.807) is 0 Å². The first-order valence-corrected chi connectivity index (χ1v) is 6.24. The highest BCUT2D eigenvalue weighted by Crippen LogP contribution is 2.30. The van der Waals surface area contributed by atoms with Crippen molar-refractivity contribution < 1.29 is 0 Å². The summed E-state index contributed by atoms with van der Waals surface area (Å²) >= 11 is 3.58. The molecule has 82 valence electrons. The van der Waals surface area contributed by atoms with Crippen LogP contribution in [0, 0.1) is 0 Å². The van der Waals surface area contributed by atoms with Crippen molar-refractivity contribution in [1.82, 2.24) is 4.98 Å². The molecule has 0 amide bonds. The van der Waals surface area contributed by atoms with Crippen molar-refractivity contribution in [3.8, 4) is 11.3 Å². The Morgan fingerprint density at radius 2 is 1.59 bits per heavy atom. The van der Waals surface area contributed by atoms with Crippen LogP contribution in [0.1, 0.15) is 0 Å². The Labute approximate surface area is 108 Å². The number of aromatic nitrogens is 1. The van der Waals surface area contributed by atoms with Gasteiger partial charge in [-0.1, -0.05) is 58.4 Å². The molecule has 0 aliphatic carbocycles. The van der Waals surface area contributed by atoms with Gasteiger partial charge in [-0.05, 0) is 17.5 Å². The predicted molar refractivity (Wildman–Crippen MR) is 74.9 cm³/mol. The van der Waals surface area contributed by atoms with E-state index in [2.05, 4.69) is 45.2 Å². The van der Waals surface area contributed by atoms with Crippen molar-refractivity contribution >= 4 is 26.7 Å². The summed E-state index contributed by atoms with van der Waals surface area (Å²) in [5.74, 6) is 0. The number of hydrogen-bond acceptors (Lipinski definition) is 1. The van der Waals surface area contributed by atoms with Crippen molar-refractivity contribution in [1.29, 1.82) is 0 Å². The average Bonchev–Trinajstić information content (AvgIpc) is 2.40. The van der Waals surface area contributed by atoms with Crippen LogP contribution in [0.25, 0.3) is 22.0 Å². The zero-order valence-corrected chi connectivity index (χ0v) is 10.7. The van der Waals surface area contributed by atoms with Crippen LogP contribution in [0.4, 0.5) is 0 Å². The lowest BCUT2D eigenvalue weighted by atomic mass is 10.0. The molecule has 3 aromatic rings. The standard InChI is InChI=1S/C15H10BrN/c16-14-8-4-7-13-12(14)9-10-17-15(13)11-5-2-1-3-6-11/h1-10H. The average molecular weight is 284 g/mol. The summed E-state index contributed by atoms with van der Waals surface area (Å²) in [5.41, 5.74) is 2.18. The summed E-state index contributed by atoms with van der Waals surface area (Å²) in [6.07, 6.45) is 1.86. The largest absolute Gasteiger partial charge is 0.256 e. The Morgan fingerprint density at radius 1 is 0.765 bits per heavy atom. The van der Waals surface area contributed by atoms with Crippen LogP contribution in [0.15, 0.2) is 65.3 Å². The molecule has 2 heteroatoms. The third-order valence-corrected chi connectivity index (χ3v) is 3.49. The number of fused-ring (bicyclic) bond motifs is 1. The van der Waals surface area contributed by atoms with Crippen LogP contribution in [-0.4, -0.2) is 4.98 Å². The first-order valence-electron chi connectivity index (χ1n) is 5.45. The third-order valence-electron chi connectivity index (χ3n) is 2.80. The van der Waals surface area contributed by atoms with E-state index in [1.165, 1.54) is 10.8 Å². The quantitative estimate of drug-likeness (QED) is 0.633. The first-order chi connectivity index (χ1) is 8.36. The summed E-state index contributed by atoms with van der Waals surface area (Å²) in [5, 5.41) is 2.37. The summed E-state index contributed by atoms with van der Waals surface area (Å²) in [6, 6.07) is 18.5. The van der Waals surface area contributed by atoms with Gasteiger partial charge in [0.2, 0.25) is 0 Å². The number of benzene rings is 2. The molecule has 0 atom stereocenters. The Morgan fingerprint density at radius 3 is 2.41 bits per heavy atom. The molecule has 0 N–H and O–H groups in total. The SMILES string of the molecule is Brc1cccc2c(-c3ccccc3)nccc12. The van der Waals surface area contributed by atoms with Crippen LogP contribution >= 0.6 is 15.9 Å². The summed E-state index contributed by atoms with van der Waals surface area (Å²) < 4.78 is 1.11. The van der Waals surface area contributed by atoms with Crippen molar-refractivity contribution in [2.24, 2.45) is 0 Å². The number of rotatable bonds is 1. The number of halogens is 1. The number of nitrogens with zero attached hydrogens (tertiary/aromatic N) is 1. The second-order valence-corrected chi connectivity index (χ2v) is 4.71. The Hall–Kier alpha value is -1.67. The molecule has 0 aliphatic rings. The Bertz CT molecular complexity index is 662. The van der Waals surface area contributed by atoms with Gasteiger partial charge in [0.1, 0.15) is 0 Å². The molecule has 3 rings (SSSR count). The van der Waals surface area contributed by atoms with E-state index in [9.17, 15) is 0 Å². The maximum absolute atomic E-state index is 4.50. The van der Waals surface area contributed by atoms with E-state index in [0.29, 0.717) is 0 Å². The summed E-state index contributed by atoms with van der Waals surface area (Å²) in [7, 11) is 0. The fourth-order valence-electron chi connectivity index (χ4n) is 1.99. The van der Waals surface area contributed by atoms with Crippen LogP contribution in [0.2, 0.25) is 0 Å². The lowest BCUT2D eigenvalue weighted by molar-refractivity contribution is 1.36. The van der Waals surface area contributed by atoms with Crippen LogP contribution in [0.3, 0.4) is 0 Å². The normalized spacial score (nSPS) is 10.6. The second-order valence-electron chi connectivity index (χ2n) is 3.86. The van der Waals surface area contributed by atoms with E-state index in [0.717, 1.165) is 15.7 Å². The molecule has 0 fully saturated rings. The third kappa shape index (κ3) is 1.85. The zero-order chi connectivity index (χ0) is 11.7. The highest BCUT2D eigenvalue weighted by molar-refractivity contribution is 9.10. The Balaban J connectivity index is 2.35. The van der Waals surface area contributed by atoms with Crippen LogP contribution in [-0.2, 0) is 0 Å². The van der Waals surface area contributed by atoms with Gasteiger partial charge >= 0.3 is 0 Å². The van der Waals surface area contributed by atoms with Gasteiger partial charge in [0.25, 0.3) is 0 Å². The van der Waals surface area contributed by atoms with E-state index in [4.69, 9.17) is 0 Å². The molecule has 2 aromatic carbocycles. The summed E-state index contributed by atoms with van der Waals surface area (Å²) in [6.45, 7) is 0. The van der Waals surface area contributed by atoms with Gasteiger partial charge in [-0.3, -0.25) is 4.98 Å². The van der Waals surface area contributed by atoms with Crippen molar-refractivity contribution in [2.45, 2.75) is 0 Å². The highest BCUT2D eigenvalue weighted by atomic mass is 79.9.